The molecule has 3 rings (SSSR count). The van der Waals surface area contributed by atoms with Gasteiger partial charge in [-0.05, 0) is 18.9 Å². The second-order valence-corrected chi connectivity index (χ2v) is 5.83. The number of amides is 3. The number of benzene rings is 1. The van der Waals surface area contributed by atoms with E-state index in [0.717, 1.165) is 24.2 Å². The predicted molar refractivity (Wildman–Crippen MR) is 78.3 cm³/mol. The minimum absolute atomic E-state index is 0.0822. The van der Waals surface area contributed by atoms with E-state index >= 15 is 0 Å². The van der Waals surface area contributed by atoms with E-state index in [4.69, 9.17) is 5.73 Å². The van der Waals surface area contributed by atoms with Crippen LogP contribution in [0.5, 0.6) is 0 Å². The smallest absolute Gasteiger partial charge is 0.369 e. The number of anilines is 1. The molecule has 1 fully saturated rings. The van der Waals surface area contributed by atoms with Crippen LogP contribution in [0.4, 0.5) is 16.2 Å². The molecule has 1 aromatic rings. The van der Waals surface area contributed by atoms with E-state index in [0.29, 0.717) is 25.4 Å². The number of imide groups is 1. The Bertz CT molecular complexity index is 568. The summed E-state index contributed by atoms with van der Waals surface area (Å²) in [6, 6.07) is 7.06. The Balaban J connectivity index is 2.20. The standard InChI is InChI=1S/C15H19N3O2/c1-17-9-8-14(19)18(15(16)20,10-11-6-7-11)13-5-3-2-4-12(13)17/h2-5,11H,6-10H2,1H3,(H-,16,20)/p+1. The third-order valence-electron chi connectivity index (χ3n) is 4.40. The van der Waals surface area contributed by atoms with Gasteiger partial charge in [0.1, 0.15) is 6.54 Å². The summed E-state index contributed by atoms with van der Waals surface area (Å²) >= 11 is 0. The first kappa shape index (κ1) is 13.1. The molecule has 5 nitrogen and oxygen atoms in total. The minimum atomic E-state index is -0.551. The average molecular weight is 274 g/mol. The zero-order valence-corrected chi connectivity index (χ0v) is 11.7. The molecule has 1 aromatic carbocycles. The lowest BCUT2D eigenvalue weighted by molar-refractivity contribution is -0.127. The number of carbonyl (C=O) groups is 2. The van der Waals surface area contributed by atoms with Gasteiger partial charge in [0.2, 0.25) is 0 Å². The van der Waals surface area contributed by atoms with Crippen molar-refractivity contribution in [3.63, 3.8) is 0 Å². The topological polar surface area (TPSA) is 63.4 Å². The van der Waals surface area contributed by atoms with Gasteiger partial charge in [-0.25, -0.2) is 9.59 Å². The van der Waals surface area contributed by atoms with Crippen LogP contribution in [0.25, 0.3) is 0 Å². The molecule has 1 atom stereocenters. The highest BCUT2D eigenvalue weighted by molar-refractivity contribution is 6.10. The zero-order chi connectivity index (χ0) is 14.3. The summed E-state index contributed by atoms with van der Waals surface area (Å²) in [5.74, 6) is 0.351. The fourth-order valence-corrected chi connectivity index (χ4v) is 3.04. The van der Waals surface area contributed by atoms with E-state index < -0.39 is 6.03 Å². The number of quaternary nitrogens is 1. The van der Waals surface area contributed by atoms with E-state index in [1.54, 1.807) is 0 Å². The molecule has 2 N–H and O–H groups in total. The highest BCUT2D eigenvalue weighted by Gasteiger charge is 2.51. The summed E-state index contributed by atoms with van der Waals surface area (Å²) in [4.78, 5) is 27.0. The van der Waals surface area contributed by atoms with Crippen molar-refractivity contribution in [3.8, 4) is 0 Å². The number of primary amides is 1. The number of carbonyl (C=O) groups excluding carboxylic acids is 2. The molecule has 1 unspecified atom stereocenters. The second kappa shape index (κ2) is 4.59. The highest BCUT2D eigenvalue weighted by Crippen LogP contribution is 2.41. The number of nitrogens with two attached hydrogens (primary N) is 1. The summed E-state index contributed by atoms with van der Waals surface area (Å²) in [6.45, 7) is 1.13. The van der Waals surface area contributed by atoms with Crippen molar-refractivity contribution >= 4 is 23.3 Å². The van der Waals surface area contributed by atoms with Crippen LogP contribution in [-0.2, 0) is 4.79 Å². The van der Waals surface area contributed by atoms with Gasteiger partial charge in [0.05, 0.1) is 12.1 Å². The molecule has 0 saturated heterocycles. The number of hydrogen-bond acceptors (Lipinski definition) is 3. The third-order valence-corrected chi connectivity index (χ3v) is 4.40. The SMILES string of the molecule is CN1CCC(=O)[N+](CC2CC2)(C(N)=O)c2ccccc21. The molecule has 2 aliphatic rings. The van der Waals surface area contributed by atoms with Crippen LogP contribution in [0.2, 0.25) is 0 Å². The number of para-hydroxylation sites is 2. The molecule has 0 radical (unpaired) electrons. The first-order valence-electron chi connectivity index (χ1n) is 7.08. The van der Waals surface area contributed by atoms with Gasteiger partial charge < -0.3 is 10.6 Å². The van der Waals surface area contributed by atoms with Crippen LogP contribution >= 0.6 is 0 Å². The zero-order valence-electron chi connectivity index (χ0n) is 11.7. The van der Waals surface area contributed by atoms with Gasteiger partial charge in [-0.3, -0.25) is 0 Å². The van der Waals surface area contributed by atoms with Crippen LogP contribution in [0.1, 0.15) is 19.3 Å². The Morgan fingerprint density at radius 1 is 1.40 bits per heavy atom. The van der Waals surface area contributed by atoms with Crippen LogP contribution in [0.15, 0.2) is 24.3 Å². The molecular formula is C15H20N3O2+. The van der Waals surface area contributed by atoms with Gasteiger partial charge in [-0.15, -0.1) is 4.48 Å². The van der Waals surface area contributed by atoms with Crippen molar-refractivity contribution < 1.29 is 9.59 Å². The van der Waals surface area contributed by atoms with Crippen LogP contribution in [-0.4, -0.2) is 32.1 Å². The minimum Gasteiger partial charge on any atom is -0.369 e. The maximum atomic E-state index is 12.7. The van der Waals surface area contributed by atoms with Crippen molar-refractivity contribution in [1.29, 1.82) is 0 Å². The first-order chi connectivity index (χ1) is 9.55. The lowest BCUT2D eigenvalue weighted by Gasteiger charge is -2.31. The monoisotopic (exact) mass is 274 g/mol. The fourth-order valence-electron chi connectivity index (χ4n) is 3.04. The van der Waals surface area contributed by atoms with Crippen LogP contribution < -0.4 is 15.1 Å². The Morgan fingerprint density at radius 2 is 2.10 bits per heavy atom. The fraction of sp³-hybridized carbons (Fsp3) is 0.467. The molecule has 0 spiro atoms. The summed E-state index contributed by atoms with van der Waals surface area (Å²) in [5.41, 5.74) is 7.35. The molecule has 1 aliphatic heterocycles. The Kier molecular flexibility index (Phi) is 3.01. The van der Waals surface area contributed by atoms with Gasteiger partial charge in [0.15, 0.2) is 5.69 Å². The maximum absolute atomic E-state index is 12.7. The van der Waals surface area contributed by atoms with E-state index in [2.05, 4.69) is 0 Å². The second-order valence-electron chi connectivity index (χ2n) is 5.83. The molecule has 20 heavy (non-hydrogen) atoms. The van der Waals surface area contributed by atoms with Crippen molar-refractivity contribution in [1.82, 2.24) is 4.48 Å². The molecule has 1 saturated carbocycles. The number of urea groups is 1. The van der Waals surface area contributed by atoms with E-state index in [-0.39, 0.29) is 10.4 Å². The number of nitrogens with zero attached hydrogens (tertiary/aromatic N) is 2. The Labute approximate surface area is 118 Å². The van der Waals surface area contributed by atoms with E-state index in [9.17, 15) is 9.59 Å². The summed E-state index contributed by atoms with van der Waals surface area (Å²) in [6.07, 6.45) is 2.51. The van der Waals surface area contributed by atoms with Crippen LogP contribution in [0, 0.1) is 5.92 Å². The molecular weight excluding hydrogens is 254 g/mol. The molecule has 0 bridgehead atoms. The predicted octanol–water partition coefficient (Wildman–Crippen LogP) is 1.85. The summed E-state index contributed by atoms with van der Waals surface area (Å²) < 4.78 is -0.314. The number of fused-ring (bicyclic) bond motifs is 1. The molecule has 1 heterocycles. The molecule has 1 aliphatic carbocycles. The largest absolute Gasteiger partial charge is 0.426 e. The van der Waals surface area contributed by atoms with Crippen molar-refractivity contribution in [2.75, 3.05) is 25.0 Å². The maximum Gasteiger partial charge on any atom is 0.426 e. The first-order valence-corrected chi connectivity index (χ1v) is 7.08. The molecule has 3 amide bonds. The van der Waals surface area contributed by atoms with Crippen molar-refractivity contribution in [2.24, 2.45) is 11.7 Å². The Morgan fingerprint density at radius 3 is 2.75 bits per heavy atom. The van der Waals surface area contributed by atoms with Gasteiger partial charge in [0.25, 0.3) is 0 Å². The lowest BCUT2D eigenvalue weighted by atomic mass is 10.1. The van der Waals surface area contributed by atoms with Gasteiger partial charge in [-0.2, -0.15) is 0 Å². The van der Waals surface area contributed by atoms with E-state index in [1.807, 2.05) is 36.2 Å². The number of rotatable bonds is 2. The molecule has 0 aromatic heterocycles. The van der Waals surface area contributed by atoms with Crippen LogP contribution in [0.3, 0.4) is 0 Å². The Hall–Kier alpha value is -1.88. The summed E-state index contributed by atoms with van der Waals surface area (Å²) in [7, 11) is 1.95. The molecule has 5 heteroatoms. The highest BCUT2D eigenvalue weighted by atomic mass is 16.2. The average Bonchev–Trinajstić information content (AvgIpc) is 3.25. The normalized spacial score (nSPS) is 26.1. The van der Waals surface area contributed by atoms with Gasteiger partial charge in [-0.1, -0.05) is 12.1 Å². The van der Waals surface area contributed by atoms with Gasteiger partial charge >= 0.3 is 11.9 Å². The van der Waals surface area contributed by atoms with Gasteiger partial charge in [0, 0.05) is 25.6 Å². The third kappa shape index (κ3) is 1.89. The lowest BCUT2D eigenvalue weighted by Crippen LogP contribution is -2.62. The number of hydrogen-bond donors (Lipinski definition) is 1. The quantitative estimate of drug-likeness (QED) is 0.837. The molecule has 106 valence electrons. The van der Waals surface area contributed by atoms with E-state index in [1.165, 1.54) is 0 Å². The summed E-state index contributed by atoms with van der Waals surface area (Å²) in [5, 5.41) is 0. The van der Waals surface area contributed by atoms with Crippen molar-refractivity contribution in [3.05, 3.63) is 24.3 Å². The van der Waals surface area contributed by atoms with Crippen molar-refractivity contribution in [2.45, 2.75) is 19.3 Å².